The molecule has 3 rings (SSSR count). The van der Waals surface area contributed by atoms with Crippen molar-refractivity contribution < 1.29 is 14.0 Å². The van der Waals surface area contributed by atoms with E-state index in [4.69, 9.17) is 4.42 Å². The Morgan fingerprint density at radius 1 is 1.27 bits per heavy atom. The quantitative estimate of drug-likeness (QED) is 0.892. The highest BCUT2D eigenvalue weighted by Crippen LogP contribution is 2.22. The van der Waals surface area contributed by atoms with E-state index in [0.29, 0.717) is 31.6 Å². The third-order valence-corrected chi connectivity index (χ3v) is 5.15. The molecule has 0 aliphatic carbocycles. The maximum Gasteiger partial charge on any atom is 0.251 e. The third-order valence-electron chi connectivity index (χ3n) is 5.15. The smallest absolute Gasteiger partial charge is 0.251 e. The van der Waals surface area contributed by atoms with Gasteiger partial charge in [-0.3, -0.25) is 14.5 Å². The summed E-state index contributed by atoms with van der Waals surface area (Å²) < 4.78 is 5.55. The lowest BCUT2D eigenvalue weighted by Gasteiger charge is -2.26. The molecule has 2 heterocycles. The number of aryl methyl sites for hydroxylation is 1. The SMILES string of the molecule is CCN(CC)C(=O)C1CC(NC(=O)c2ccc3oc(C)cc3c2)CN1C. The Morgan fingerprint density at radius 2 is 2.00 bits per heavy atom. The minimum absolute atomic E-state index is 0.0289. The van der Waals surface area contributed by atoms with Crippen molar-refractivity contribution in [1.29, 1.82) is 0 Å². The van der Waals surface area contributed by atoms with E-state index in [1.165, 1.54) is 0 Å². The van der Waals surface area contributed by atoms with E-state index >= 15 is 0 Å². The molecule has 0 radical (unpaired) electrons. The van der Waals surface area contributed by atoms with Crippen LogP contribution < -0.4 is 5.32 Å². The number of benzene rings is 1. The molecule has 1 aliphatic rings. The zero-order valence-electron chi connectivity index (χ0n) is 15.9. The third kappa shape index (κ3) is 3.60. The second-order valence-corrected chi connectivity index (χ2v) is 6.98. The summed E-state index contributed by atoms with van der Waals surface area (Å²) in [5.74, 6) is 0.859. The van der Waals surface area contributed by atoms with Crippen LogP contribution in [0.2, 0.25) is 0 Å². The van der Waals surface area contributed by atoms with Gasteiger partial charge in [-0.15, -0.1) is 0 Å². The van der Waals surface area contributed by atoms with Crippen molar-refractivity contribution in [2.24, 2.45) is 0 Å². The number of hydrogen-bond acceptors (Lipinski definition) is 4. The van der Waals surface area contributed by atoms with Gasteiger partial charge < -0.3 is 14.6 Å². The Labute approximate surface area is 154 Å². The van der Waals surface area contributed by atoms with E-state index in [-0.39, 0.29) is 23.9 Å². The predicted octanol–water partition coefficient (Wildman–Crippen LogP) is 2.41. The minimum atomic E-state index is -0.167. The number of likely N-dealkylation sites (tertiary alicyclic amines) is 1. The van der Waals surface area contributed by atoms with E-state index in [1.807, 2.05) is 55.8 Å². The zero-order chi connectivity index (χ0) is 18.8. The monoisotopic (exact) mass is 357 g/mol. The first-order chi connectivity index (χ1) is 12.4. The molecule has 2 amide bonds. The number of likely N-dealkylation sites (N-methyl/N-ethyl adjacent to an activating group) is 2. The Kier molecular flexibility index (Phi) is 5.32. The van der Waals surface area contributed by atoms with Crippen LogP contribution in [-0.2, 0) is 4.79 Å². The summed E-state index contributed by atoms with van der Waals surface area (Å²) in [4.78, 5) is 29.1. The number of amides is 2. The fourth-order valence-electron chi connectivity index (χ4n) is 3.72. The van der Waals surface area contributed by atoms with Crippen molar-refractivity contribution in [3.05, 3.63) is 35.6 Å². The van der Waals surface area contributed by atoms with E-state index in [2.05, 4.69) is 5.32 Å². The van der Waals surface area contributed by atoms with Gasteiger partial charge in [0.1, 0.15) is 11.3 Å². The van der Waals surface area contributed by atoms with Gasteiger partial charge in [0.15, 0.2) is 0 Å². The molecule has 2 unspecified atom stereocenters. The van der Waals surface area contributed by atoms with Gasteiger partial charge in [-0.05, 0) is 58.5 Å². The molecule has 2 aromatic rings. The number of carbonyl (C=O) groups is 2. The van der Waals surface area contributed by atoms with Crippen molar-refractivity contribution in [3.63, 3.8) is 0 Å². The van der Waals surface area contributed by atoms with E-state index in [1.54, 1.807) is 6.07 Å². The number of nitrogens with zero attached hydrogens (tertiary/aromatic N) is 2. The normalized spacial score (nSPS) is 20.5. The van der Waals surface area contributed by atoms with Gasteiger partial charge in [-0.1, -0.05) is 0 Å². The number of furan rings is 1. The summed E-state index contributed by atoms with van der Waals surface area (Å²) in [5, 5.41) is 4.00. The molecule has 140 valence electrons. The first-order valence-corrected chi connectivity index (χ1v) is 9.23. The molecule has 6 heteroatoms. The topological polar surface area (TPSA) is 65.8 Å². The van der Waals surface area contributed by atoms with Gasteiger partial charge in [0.2, 0.25) is 5.91 Å². The van der Waals surface area contributed by atoms with Crippen LogP contribution in [-0.4, -0.2) is 60.4 Å². The van der Waals surface area contributed by atoms with Gasteiger partial charge in [0.25, 0.3) is 5.91 Å². The molecule has 0 saturated carbocycles. The highest BCUT2D eigenvalue weighted by Gasteiger charge is 2.36. The summed E-state index contributed by atoms with van der Waals surface area (Å²) in [5.41, 5.74) is 1.39. The van der Waals surface area contributed by atoms with E-state index in [0.717, 1.165) is 16.7 Å². The van der Waals surface area contributed by atoms with Gasteiger partial charge in [-0.2, -0.15) is 0 Å². The average molecular weight is 357 g/mol. The standard InChI is InChI=1S/C20H27N3O3/c1-5-23(6-2)20(25)17-11-16(12-22(17)4)21-19(24)14-7-8-18-15(10-14)9-13(3)26-18/h7-10,16-17H,5-6,11-12H2,1-4H3,(H,21,24). The van der Waals surface area contributed by atoms with E-state index < -0.39 is 0 Å². The van der Waals surface area contributed by atoms with Crippen LogP contribution in [0.25, 0.3) is 11.0 Å². The minimum Gasteiger partial charge on any atom is -0.461 e. The van der Waals surface area contributed by atoms with Crippen LogP contribution in [0.3, 0.4) is 0 Å². The summed E-state index contributed by atoms with van der Waals surface area (Å²) in [6, 6.07) is 7.17. The largest absolute Gasteiger partial charge is 0.461 e. The van der Waals surface area contributed by atoms with Crippen LogP contribution in [0.15, 0.2) is 28.7 Å². The van der Waals surface area contributed by atoms with Crippen molar-refractivity contribution in [1.82, 2.24) is 15.1 Å². The highest BCUT2D eigenvalue weighted by atomic mass is 16.3. The van der Waals surface area contributed by atoms with Crippen molar-refractivity contribution >= 4 is 22.8 Å². The molecule has 1 aliphatic heterocycles. The number of nitrogens with one attached hydrogen (secondary N) is 1. The second kappa shape index (κ2) is 7.50. The molecule has 0 spiro atoms. The Bertz CT molecular complexity index is 810. The van der Waals surface area contributed by atoms with Gasteiger partial charge in [0, 0.05) is 36.6 Å². The first kappa shape index (κ1) is 18.5. The summed E-state index contributed by atoms with van der Waals surface area (Å²) >= 11 is 0. The molecule has 2 atom stereocenters. The average Bonchev–Trinajstić information content (AvgIpc) is 3.16. The van der Waals surface area contributed by atoms with Crippen LogP contribution in [0, 0.1) is 6.92 Å². The van der Waals surface area contributed by atoms with Gasteiger partial charge in [-0.25, -0.2) is 0 Å². The first-order valence-electron chi connectivity index (χ1n) is 9.23. The number of carbonyl (C=O) groups excluding carboxylic acids is 2. The van der Waals surface area contributed by atoms with Gasteiger partial charge >= 0.3 is 0 Å². The lowest BCUT2D eigenvalue weighted by Crippen LogP contribution is -2.44. The lowest BCUT2D eigenvalue weighted by molar-refractivity contribution is -0.135. The molecular weight excluding hydrogens is 330 g/mol. The van der Waals surface area contributed by atoms with Crippen LogP contribution in [0.5, 0.6) is 0 Å². The van der Waals surface area contributed by atoms with Crippen molar-refractivity contribution in [2.75, 3.05) is 26.7 Å². The fraction of sp³-hybridized carbons (Fsp3) is 0.500. The lowest BCUT2D eigenvalue weighted by atomic mass is 10.1. The molecule has 1 aromatic carbocycles. The summed E-state index contributed by atoms with van der Waals surface area (Å²) in [6.07, 6.45) is 0.643. The Morgan fingerprint density at radius 3 is 2.69 bits per heavy atom. The number of hydrogen-bond donors (Lipinski definition) is 1. The van der Waals surface area contributed by atoms with E-state index in [9.17, 15) is 9.59 Å². The van der Waals surface area contributed by atoms with Crippen molar-refractivity contribution in [3.8, 4) is 0 Å². The molecular formula is C20H27N3O3. The Balaban J connectivity index is 1.66. The fourth-order valence-corrected chi connectivity index (χ4v) is 3.72. The summed E-state index contributed by atoms with van der Waals surface area (Å²) in [6.45, 7) is 7.96. The molecule has 1 aromatic heterocycles. The van der Waals surface area contributed by atoms with Gasteiger partial charge in [0.05, 0.1) is 6.04 Å². The predicted molar refractivity (Wildman–Crippen MR) is 101 cm³/mol. The molecule has 1 N–H and O–H groups in total. The number of fused-ring (bicyclic) bond motifs is 1. The van der Waals surface area contributed by atoms with Crippen molar-refractivity contribution in [2.45, 2.75) is 39.3 Å². The summed E-state index contributed by atoms with van der Waals surface area (Å²) in [7, 11) is 1.94. The second-order valence-electron chi connectivity index (χ2n) is 6.98. The molecule has 1 saturated heterocycles. The van der Waals surface area contributed by atoms with Crippen LogP contribution in [0.1, 0.15) is 36.4 Å². The molecule has 1 fully saturated rings. The number of rotatable bonds is 5. The highest BCUT2D eigenvalue weighted by molar-refractivity contribution is 5.98. The van der Waals surface area contributed by atoms with Crippen LogP contribution in [0.4, 0.5) is 0 Å². The molecule has 6 nitrogen and oxygen atoms in total. The maximum atomic E-state index is 12.6. The zero-order valence-corrected chi connectivity index (χ0v) is 15.9. The molecule has 0 bridgehead atoms. The Hall–Kier alpha value is -2.34. The maximum absolute atomic E-state index is 12.6. The molecule has 26 heavy (non-hydrogen) atoms. The van der Waals surface area contributed by atoms with Crippen LogP contribution >= 0.6 is 0 Å².